The summed E-state index contributed by atoms with van der Waals surface area (Å²) in [4.78, 5) is 4.38. The lowest BCUT2D eigenvalue weighted by atomic mass is 10.0. The highest BCUT2D eigenvalue weighted by Crippen LogP contribution is 2.29. The van der Waals surface area contributed by atoms with Crippen LogP contribution in [0.25, 0.3) is 0 Å². The number of aromatic nitrogens is 1. The molecule has 1 aromatic carbocycles. The maximum atomic E-state index is 6.27. The molecule has 0 radical (unpaired) electrons. The molecule has 1 heterocycles. The summed E-state index contributed by atoms with van der Waals surface area (Å²) in [5.74, 6) is 0.818. The van der Waals surface area contributed by atoms with Gasteiger partial charge in [0, 0.05) is 19.6 Å². The highest BCUT2D eigenvalue weighted by molar-refractivity contribution is 9.11. The molecule has 20 heavy (non-hydrogen) atoms. The number of halogens is 3. The maximum Gasteiger partial charge on any atom is 0.119 e. The zero-order valence-electron chi connectivity index (χ0n) is 10.7. The van der Waals surface area contributed by atoms with Crippen molar-refractivity contribution in [2.45, 2.75) is 12.5 Å². The molecule has 1 aromatic heterocycles. The highest BCUT2D eigenvalue weighted by Gasteiger charge is 2.14. The van der Waals surface area contributed by atoms with Crippen molar-refractivity contribution < 1.29 is 4.74 Å². The molecule has 0 amide bonds. The molecule has 2 rings (SSSR count). The van der Waals surface area contributed by atoms with Crippen LogP contribution in [0.5, 0.6) is 5.75 Å². The van der Waals surface area contributed by atoms with Crippen LogP contribution in [0.2, 0.25) is 0 Å². The summed E-state index contributed by atoms with van der Waals surface area (Å²) in [5, 5.41) is 0. The Morgan fingerprint density at radius 1 is 1.20 bits per heavy atom. The van der Waals surface area contributed by atoms with E-state index in [4.69, 9.17) is 10.5 Å². The second-order valence-electron chi connectivity index (χ2n) is 4.29. The lowest BCUT2D eigenvalue weighted by Crippen LogP contribution is -2.16. The predicted octanol–water partition coefficient (Wildman–Crippen LogP) is 4.62. The van der Waals surface area contributed by atoms with Gasteiger partial charge >= 0.3 is 0 Å². The van der Waals surface area contributed by atoms with Crippen molar-refractivity contribution in [2.75, 3.05) is 7.11 Å². The van der Waals surface area contributed by atoms with E-state index in [9.17, 15) is 0 Å². The molecule has 0 spiro atoms. The molecule has 2 aromatic rings. The van der Waals surface area contributed by atoms with Crippen molar-refractivity contribution in [3.05, 3.63) is 55.1 Å². The predicted molar refractivity (Wildman–Crippen MR) is 91.0 cm³/mol. The molecule has 0 saturated carbocycles. The van der Waals surface area contributed by atoms with Crippen LogP contribution in [0.1, 0.15) is 17.3 Å². The Hall–Kier alpha value is -0.430. The Morgan fingerprint density at radius 2 is 1.95 bits per heavy atom. The van der Waals surface area contributed by atoms with Gasteiger partial charge in [-0.2, -0.15) is 0 Å². The first-order chi connectivity index (χ1) is 9.51. The van der Waals surface area contributed by atoms with Gasteiger partial charge in [-0.25, -0.2) is 0 Å². The lowest BCUT2D eigenvalue weighted by Gasteiger charge is -2.15. The third-order valence-electron chi connectivity index (χ3n) is 2.88. The minimum absolute atomic E-state index is 0.194. The zero-order valence-corrected chi connectivity index (χ0v) is 15.5. The molecule has 0 aliphatic carbocycles. The van der Waals surface area contributed by atoms with Gasteiger partial charge in [0.1, 0.15) is 5.75 Å². The van der Waals surface area contributed by atoms with E-state index in [1.165, 1.54) is 0 Å². The van der Waals surface area contributed by atoms with Crippen LogP contribution < -0.4 is 10.5 Å². The van der Waals surface area contributed by atoms with Crippen LogP contribution in [0.4, 0.5) is 0 Å². The van der Waals surface area contributed by atoms with Crippen LogP contribution >= 0.6 is 47.8 Å². The van der Waals surface area contributed by atoms with Crippen molar-refractivity contribution in [1.29, 1.82) is 0 Å². The Kier molecular flexibility index (Phi) is 5.60. The summed E-state index contributed by atoms with van der Waals surface area (Å²) >= 11 is 10.4. The number of nitrogens with zero attached hydrogens (tertiary/aromatic N) is 1. The molecule has 0 saturated heterocycles. The number of benzene rings is 1. The number of methoxy groups -OCH3 is 1. The monoisotopic (exact) mass is 462 g/mol. The van der Waals surface area contributed by atoms with Crippen molar-refractivity contribution in [3.8, 4) is 5.75 Å². The van der Waals surface area contributed by atoms with Crippen molar-refractivity contribution in [2.24, 2.45) is 5.73 Å². The molecule has 1 atom stereocenters. The topological polar surface area (TPSA) is 48.1 Å². The van der Waals surface area contributed by atoms with E-state index in [2.05, 4.69) is 52.8 Å². The number of pyridine rings is 1. The van der Waals surface area contributed by atoms with Gasteiger partial charge in [0.2, 0.25) is 0 Å². The lowest BCUT2D eigenvalue weighted by molar-refractivity contribution is 0.414. The molecule has 0 aliphatic rings. The Balaban J connectivity index is 2.25. The van der Waals surface area contributed by atoms with Gasteiger partial charge in [0.05, 0.1) is 18.8 Å². The maximum absolute atomic E-state index is 6.27. The van der Waals surface area contributed by atoms with Crippen LogP contribution in [-0.4, -0.2) is 12.1 Å². The summed E-state index contributed by atoms with van der Waals surface area (Å²) in [6.07, 6.45) is 2.42. The minimum Gasteiger partial charge on any atom is -0.497 e. The van der Waals surface area contributed by atoms with Crippen LogP contribution in [-0.2, 0) is 6.42 Å². The normalized spacial score (nSPS) is 12.2. The Bertz CT molecular complexity index is 619. The molecule has 6 heteroatoms. The first-order valence-electron chi connectivity index (χ1n) is 5.90. The molecule has 3 nitrogen and oxygen atoms in total. The van der Waals surface area contributed by atoms with E-state index in [1.54, 1.807) is 13.3 Å². The number of hydrogen-bond acceptors (Lipinski definition) is 3. The van der Waals surface area contributed by atoms with Crippen molar-refractivity contribution in [1.82, 2.24) is 4.98 Å². The molecule has 1 unspecified atom stereocenters. The summed E-state index contributed by atoms with van der Waals surface area (Å²) in [6.45, 7) is 0. The van der Waals surface area contributed by atoms with Gasteiger partial charge in [-0.05, 0) is 68.1 Å². The van der Waals surface area contributed by atoms with E-state index in [1.807, 2.05) is 24.3 Å². The summed E-state index contributed by atoms with van der Waals surface area (Å²) < 4.78 is 8.08. The van der Waals surface area contributed by atoms with Gasteiger partial charge in [0.25, 0.3) is 0 Å². The average Bonchev–Trinajstić information content (AvgIpc) is 2.41. The van der Waals surface area contributed by atoms with E-state index in [0.29, 0.717) is 6.42 Å². The second-order valence-corrected chi connectivity index (χ2v) is 6.91. The fraction of sp³-hybridized carbons (Fsp3) is 0.214. The Morgan fingerprint density at radius 3 is 2.60 bits per heavy atom. The quantitative estimate of drug-likeness (QED) is 0.718. The van der Waals surface area contributed by atoms with Gasteiger partial charge in [0.15, 0.2) is 0 Å². The van der Waals surface area contributed by atoms with Crippen molar-refractivity contribution >= 4 is 47.8 Å². The molecule has 0 bridgehead atoms. The third kappa shape index (κ3) is 3.81. The van der Waals surface area contributed by atoms with Gasteiger partial charge in [-0.3, -0.25) is 4.98 Å². The first-order valence-corrected chi connectivity index (χ1v) is 8.28. The van der Waals surface area contributed by atoms with Crippen LogP contribution in [0, 0.1) is 0 Å². The van der Waals surface area contributed by atoms with Crippen molar-refractivity contribution in [3.63, 3.8) is 0 Å². The molecular formula is C14H13Br3N2O. The third-order valence-corrected chi connectivity index (χ3v) is 4.72. The molecule has 0 fully saturated rings. The highest BCUT2D eigenvalue weighted by atomic mass is 79.9. The fourth-order valence-corrected chi connectivity index (χ4v) is 3.56. The number of rotatable bonds is 4. The van der Waals surface area contributed by atoms with E-state index < -0.39 is 0 Å². The van der Waals surface area contributed by atoms with Gasteiger partial charge in [-0.15, -0.1) is 0 Å². The summed E-state index contributed by atoms with van der Waals surface area (Å²) in [7, 11) is 1.65. The minimum atomic E-state index is -0.194. The summed E-state index contributed by atoms with van der Waals surface area (Å²) in [6, 6.07) is 7.61. The molecule has 2 N–H and O–H groups in total. The smallest absolute Gasteiger partial charge is 0.119 e. The molecule has 0 aliphatic heterocycles. The first kappa shape index (κ1) is 15.9. The summed E-state index contributed by atoms with van der Waals surface area (Å²) in [5.41, 5.74) is 8.20. The number of nitrogens with two attached hydrogens (primary N) is 1. The Labute approximate surface area is 143 Å². The van der Waals surface area contributed by atoms with Crippen LogP contribution in [0.15, 0.2) is 43.9 Å². The van der Waals surface area contributed by atoms with Gasteiger partial charge < -0.3 is 10.5 Å². The second kappa shape index (κ2) is 7.02. The van der Waals surface area contributed by atoms with Crippen LogP contribution in [0.3, 0.4) is 0 Å². The molecule has 106 valence electrons. The number of hydrogen-bond donors (Lipinski definition) is 1. The standard InChI is InChI=1S/C14H13Br3N2O/c1-20-10-2-3-11(16)8(4-10)5-13(18)14-12(17)6-9(15)7-19-14/h2-4,6-7,13H,5,18H2,1H3. The number of ether oxygens (including phenoxy) is 1. The average molecular weight is 465 g/mol. The van der Waals surface area contributed by atoms with E-state index in [0.717, 1.165) is 30.4 Å². The van der Waals surface area contributed by atoms with E-state index in [-0.39, 0.29) is 6.04 Å². The SMILES string of the molecule is COc1ccc(Br)c(CC(N)c2ncc(Br)cc2Br)c1. The zero-order chi connectivity index (χ0) is 14.7. The largest absolute Gasteiger partial charge is 0.497 e. The fourth-order valence-electron chi connectivity index (χ4n) is 1.87. The van der Waals surface area contributed by atoms with E-state index >= 15 is 0 Å². The molecular weight excluding hydrogens is 452 g/mol. The van der Waals surface area contributed by atoms with Gasteiger partial charge in [-0.1, -0.05) is 15.9 Å².